The van der Waals surface area contributed by atoms with Gasteiger partial charge in [0.2, 0.25) is 0 Å². The van der Waals surface area contributed by atoms with Gasteiger partial charge in [0.05, 0.1) is 0 Å². The summed E-state index contributed by atoms with van der Waals surface area (Å²) in [7, 11) is 4.20. The van der Waals surface area contributed by atoms with Crippen molar-refractivity contribution in [2.75, 3.05) is 13.6 Å². The predicted molar refractivity (Wildman–Crippen MR) is 94.2 cm³/mol. The van der Waals surface area contributed by atoms with Crippen molar-refractivity contribution in [3.63, 3.8) is 0 Å². The van der Waals surface area contributed by atoms with Crippen molar-refractivity contribution in [3.8, 4) is 0 Å². The van der Waals surface area contributed by atoms with Crippen LogP contribution >= 0.6 is 0 Å². The molecule has 0 aliphatic carbocycles. The van der Waals surface area contributed by atoms with Crippen LogP contribution in [0.5, 0.6) is 0 Å². The molecule has 0 radical (unpaired) electrons. The standard InChI is InChI=1S/C19H29N3/c1-19(2,3)22-12-15-9-17-14(7-6-8-20-4)11-21(5)18(17)10-16(15)13-22/h9-11,20H,6-8,12-13H2,1-5H3. The number of hydrogen-bond acceptors (Lipinski definition) is 2. The second-order valence-electron chi connectivity index (χ2n) is 7.64. The monoisotopic (exact) mass is 299 g/mol. The number of aromatic nitrogens is 1. The van der Waals surface area contributed by atoms with Crippen LogP contribution in [0.4, 0.5) is 0 Å². The smallest absolute Gasteiger partial charge is 0.0484 e. The van der Waals surface area contributed by atoms with E-state index in [1.165, 1.54) is 34.0 Å². The van der Waals surface area contributed by atoms with Gasteiger partial charge in [-0.3, -0.25) is 4.90 Å². The van der Waals surface area contributed by atoms with Gasteiger partial charge < -0.3 is 9.88 Å². The van der Waals surface area contributed by atoms with Crippen molar-refractivity contribution >= 4 is 10.9 Å². The van der Waals surface area contributed by atoms with Gasteiger partial charge in [0, 0.05) is 42.8 Å². The van der Waals surface area contributed by atoms with Crippen LogP contribution in [0.25, 0.3) is 10.9 Å². The molecule has 1 aliphatic heterocycles. The molecule has 0 saturated heterocycles. The summed E-state index contributed by atoms with van der Waals surface area (Å²) in [6.07, 6.45) is 4.66. The lowest BCUT2D eigenvalue weighted by molar-refractivity contribution is 0.136. The van der Waals surface area contributed by atoms with Crippen molar-refractivity contribution in [1.82, 2.24) is 14.8 Å². The van der Waals surface area contributed by atoms with Crippen LogP contribution in [-0.4, -0.2) is 28.6 Å². The lowest BCUT2D eigenvalue weighted by Crippen LogP contribution is -2.36. The summed E-state index contributed by atoms with van der Waals surface area (Å²) < 4.78 is 2.30. The minimum Gasteiger partial charge on any atom is -0.350 e. The number of nitrogens with zero attached hydrogens (tertiary/aromatic N) is 2. The van der Waals surface area contributed by atoms with E-state index in [0.717, 1.165) is 26.1 Å². The first kappa shape index (κ1) is 15.6. The summed E-state index contributed by atoms with van der Waals surface area (Å²) in [6.45, 7) is 10.2. The Morgan fingerprint density at radius 2 is 1.82 bits per heavy atom. The Bertz CT molecular complexity index is 676. The number of nitrogens with one attached hydrogen (secondary N) is 1. The third-order valence-corrected chi connectivity index (χ3v) is 4.94. The largest absolute Gasteiger partial charge is 0.350 e. The molecule has 120 valence electrons. The zero-order chi connectivity index (χ0) is 15.9. The third-order valence-electron chi connectivity index (χ3n) is 4.94. The molecule has 0 saturated carbocycles. The van der Waals surface area contributed by atoms with E-state index >= 15 is 0 Å². The maximum atomic E-state index is 3.24. The van der Waals surface area contributed by atoms with E-state index in [1.54, 1.807) is 0 Å². The molecule has 1 aliphatic rings. The average molecular weight is 299 g/mol. The first-order chi connectivity index (χ1) is 10.4. The zero-order valence-electron chi connectivity index (χ0n) is 14.7. The molecule has 2 aromatic rings. The topological polar surface area (TPSA) is 20.2 Å². The quantitative estimate of drug-likeness (QED) is 0.873. The van der Waals surface area contributed by atoms with E-state index in [9.17, 15) is 0 Å². The predicted octanol–water partition coefficient (Wildman–Crippen LogP) is 3.44. The molecule has 3 heteroatoms. The second kappa shape index (κ2) is 5.71. The molecule has 2 heterocycles. The number of fused-ring (bicyclic) bond motifs is 2. The molecule has 0 fully saturated rings. The maximum Gasteiger partial charge on any atom is 0.0484 e. The molecule has 0 spiro atoms. The molecule has 0 unspecified atom stereocenters. The van der Waals surface area contributed by atoms with E-state index < -0.39 is 0 Å². The molecule has 1 aromatic heterocycles. The Morgan fingerprint density at radius 3 is 2.45 bits per heavy atom. The Hall–Kier alpha value is -1.32. The Morgan fingerprint density at radius 1 is 1.14 bits per heavy atom. The highest BCUT2D eigenvalue weighted by Gasteiger charge is 2.28. The van der Waals surface area contributed by atoms with Crippen molar-refractivity contribution in [1.29, 1.82) is 0 Å². The van der Waals surface area contributed by atoms with Crippen LogP contribution < -0.4 is 5.32 Å². The molecule has 1 N–H and O–H groups in total. The number of benzene rings is 1. The molecule has 3 nitrogen and oxygen atoms in total. The molecular formula is C19H29N3. The maximum absolute atomic E-state index is 3.24. The van der Waals surface area contributed by atoms with Crippen LogP contribution in [-0.2, 0) is 26.6 Å². The number of hydrogen-bond donors (Lipinski definition) is 1. The summed E-state index contributed by atoms with van der Waals surface area (Å²) in [5, 5.41) is 4.70. The van der Waals surface area contributed by atoms with Gasteiger partial charge in [0.25, 0.3) is 0 Å². The van der Waals surface area contributed by atoms with Gasteiger partial charge in [-0.05, 0) is 76.0 Å². The van der Waals surface area contributed by atoms with Crippen molar-refractivity contribution in [3.05, 3.63) is 35.0 Å². The summed E-state index contributed by atoms with van der Waals surface area (Å²) in [5.41, 5.74) is 6.13. The fraction of sp³-hybridized carbons (Fsp3) is 0.579. The van der Waals surface area contributed by atoms with Crippen LogP contribution in [0.1, 0.15) is 43.9 Å². The van der Waals surface area contributed by atoms with Gasteiger partial charge in [-0.2, -0.15) is 0 Å². The molecule has 1 aromatic carbocycles. The highest BCUT2D eigenvalue weighted by atomic mass is 15.2. The van der Waals surface area contributed by atoms with Crippen molar-refractivity contribution in [2.24, 2.45) is 7.05 Å². The Labute approximate surface area is 134 Å². The van der Waals surface area contributed by atoms with Gasteiger partial charge in [-0.1, -0.05) is 0 Å². The number of aryl methyl sites for hydroxylation is 2. The molecule has 3 rings (SSSR count). The van der Waals surface area contributed by atoms with E-state index in [4.69, 9.17) is 0 Å². The van der Waals surface area contributed by atoms with Crippen LogP contribution in [0.2, 0.25) is 0 Å². The summed E-state index contributed by atoms with van der Waals surface area (Å²) >= 11 is 0. The molecule has 22 heavy (non-hydrogen) atoms. The molecular weight excluding hydrogens is 270 g/mol. The lowest BCUT2D eigenvalue weighted by Gasteiger charge is -2.31. The Kier molecular flexibility index (Phi) is 4.04. The Balaban J connectivity index is 1.94. The van der Waals surface area contributed by atoms with E-state index in [1.807, 2.05) is 7.05 Å². The van der Waals surface area contributed by atoms with Gasteiger partial charge in [0.15, 0.2) is 0 Å². The van der Waals surface area contributed by atoms with E-state index in [0.29, 0.717) is 0 Å². The highest BCUT2D eigenvalue weighted by molar-refractivity contribution is 5.85. The average Bonchev–Trinajstić information content (AvgIpc) is 2.99. The van der Waals surface area contributed by atoms with Crippen LogP contribution in [0.3, 0.4) is 0 Å². The molecule has 0 amide bonds. The summed E-state index contributed by atoms with van der Waals surface area (Å²) in [4.78, 5) is 2.57. The van der Waals surface area contributed by atoms with Gasteiger partial charge in [-0.25, -0.2) is 0 Å². The van der Waals surface area contributed by atoms with Gasteiger partial charge in [0.1, 0.15) is 0 Å². The van der Waals surface area contributed by atoms with Gasteiger partial charge >= 0.3 is 0 Å². The first-order valence-corrected chi connectivity index (χ1v) is 8.39. The lowest BCUT2D eigenvalue weighted by atomic mass is 10.0. The minimum atomic E-state index is 0.237. The summed E-state index contributed by atoms with van der Waals surface area (Å²) in [6, 6.07) is 4.86. The first-order valence-electron chi connectivity index (χ1n) is 8.39. The zero-order valence-corrected chi connectivity index (χ0v) is 14.7. The normalized spacial score (nSPS) is 15.7. The third kappa shape index (κ3) is 2.80. The van der Waals surface area contributed by atoms with Gasteiger partial charge in [-0.15, -0.1) is 0 Å². The van der Waals surface area contributed by atoms with Crippen molar-refractivity contribution in [2.45, 2.75) is 52.2 Å². The van der Waals surface area contributed by atoms with Crippen LogP contribution in [0, 0.1) is 0 Å². The highest BCUT2D eigenvalue weighted by Crippen LogP contribution is 2.33. The summed E-state index contributed by atoms with van der Waals surface area (Å²) in [5.74, 6) is 0. The van der Waals surface area contributed by atoms with E-state index in [2.05, 4.69) is 60.9 Å². The molecule has 0 atom stereocenters. The van der Waals surface area contributed by atoms with Crippen LogP contribution in [0.15, 0.2) is 18.3 Å². The van der Waals surface area contributed by atoms with E-state index in [-0.39, 0.29) is 5.54 Å². The molecule has 0 bridgehead atoms. The van der Waals surface area contributed by atoms with Crippen molar-refractivity contribution < 1.29 is 0 Å². The second-order valence-corrected chi connectivity index (χ2v) is 7.64. The fourth-order valence-electron chi connectivity index (χ4n) is 3.49. The fourth-order valence-corrected chi connectivity index (χ4v) is 3.49. The number of rotatable bonds is 4. The SMILES string of the molecule is CNCCCc1cn(C)c2cc3c(cc12)CN(C(C)(C)C)C3. The minimum absolute atomic E-state index is 0.237.